The molecule has 0 bridgehead atoms. The van der Waals surface area contributed by atoms with Crippen LogP contribution in [0.3, 0.4) is 0 Å². The van der Waals surface area contributed by atoms with Crippen LogP contribution >= 0.6 is 24.0 Å². The molecular weight excluding hydrogens is 288 g/mol. The van der Waals surface area contributed by atoms with Gasteiger partial charge >= 0.3 is 0 Å². The maximum Gasteiger partial charge on any atom is 0.240 e. The SMILES string of the molecule is CSCCNS(=O)(=O)c1ccc(C(N)=S)c(C)c1. The number of nitrogens with one attached hydrogen (secondary N) is 1. The fourth-order valence-corrected chi connectivity index (χ4v) is 3.22. The summed E-state index contributed by atoms with van der Waals surface area (Å²) in [6, 6.07) is 4.74. The van der Waals surface area contributed by atoms with Crippen molar-refractivity contribution >= 4 is 39.0 Å². The molecule has 18 heavy (non-hydrogen) atoms. The summed E-state index contributed by atoms with van der Waals surface area (Å²) in [7, 11) is -3.44. The minimum atomic E-state index is -3.44. The lowest BCUT2D eigenvalue weighted by molar-refractivity contribution is 0.584. The van der Waals surface area contributed by atoms with Gasteiger partial charge in [-0.1, -0.05) is 18.3 Å². The van der Waals surface area contributed by atoms with Crippen LogP contribution in [0.5, 0.6) is 0 Å². The van der Waals surface area contributed by atoms with Gasteiger partial charge in [-0.2, -0.15) is 11.8 Å². The molecule has 3 N–H and O–H groups in total. The number of nitrogens with two attached hydrogens (primary N) is 1. The first-order valence-corrected chi connectivity index (χ1v) is 8.56. The van der Waals surface area contributed by atoms with Crippen LogP contribution in [0.15, 0.2) is 23.1 Å². The van der Waals surface area contributed by atoms with Gasteiger partial charge in [0.05, 0.1) is 4.90 Å². The van der Waals surface area contributed by atoms with Crippen molar-refractivity contribution in [1.29, 1.82) is 0 Å². The minimum absolute atomic E-state index is 0.237. The third-order valence-corrected chi connectivity index (χ3v) is 4.66. The van der Waals surface area contributed by atoms with Crippen molar-refractivity contribution < 1.29 is 8.42 Å². The first-order valence-electron chi connectivity index (χ1n) is 5.27. The van der Waals surface area contributed by atoms with Crippen LogP contribution in [-0.4, -0.2) is 32.0 Å². The van der Waals surface area contributed by atoms with Crippen molar-refractivity contribution in [3.05, 3.63) is 29.3 Å². The molecule has 0 saturated heterocycles. The number of sulfonamides is 1. The Morgan fingerprint density at radius 2 is 2.17 bits per heavy atom. The van der Waals surface area contributed by atoms with Crippen molar-refractivity contribution in [2.24, 2.45) is 5.73 Å². The minimum Gasteiger partial charge on any atom is -0.389 e. The van der Waals surface area contributed by atoms with Gasteiger partial charge in [-0.05, 0) is 30.9 Å². The van der Waals surface area contributed by atoms with Gasteiger partial charge in [0.25, 0.3) is 0 Å². The third kappa shape index (κ3) is 3.94. The fraction of sp³-hybridized carbons (Fsp3) is 0.364. The summed E-state index contributed by atoms with van der Waals surface area (Å²) in [6.45, 7) is 2.20. The van der Waals surface area contributed by atoms with E-state index in [0.717, 1.165) is 11.3 Å². The summed E-state index contributed by atoms with van der Waals surface area (Å²) in [6.07, 6.45) is 1.93. The topological polar surface area (TPSA) is 72.2 Å². The van der Waals surface area contributed by atoms with Gasteiger partial charge in [0.15, 0.2) is 0 Å². The van der Waals surface area contributed by atoms with Crippen molar-refractivity contribution in [1.82, 2.24) is 4.72 Å². The Bertz CT molecular complexity index is 541. The van der Waals surface area contributed by atoms with E-state index in [2.05, 4.69) is 4.72 Å². The maximum absolute atomic E-state index is 12.0. The van der Waals surface area contributed by atoms with Gasteiger partial charge in [0.1, 0.15) is 4.99 Å². The quantitative estimate of drug-likeness (QED) is 0.612. The average molecular weight is 304 g/mol. The first kappa shape index (κ1) is 15.4. The lowest BCUT2D eigenvalue weighted by atomic mass is 10.1. The van der Waals surface area contributed by atoms with Crippen LogP contribution in [0.2, 0.25) is 0 Å². The highest BCUT2D eigenvalue weighted by atomic mass is 32.2. The molecule has 0 saturated carbocycles. The fourth-order valence-electron chi connectivity index (χ4n) is 1.44. The van der Waals surface area contributed by atoms with E-state index >= 15 is 0 Å². The van der Waals surface area contributed by atoms with Crippen molar-refractivity contribution in [2.75, 3.05) is 18.6 Å². The summed E-state index contributed by atoms with van der Waals surface area (Å²) in [5, 5.41) is 0. The molecule has 0 fully saturated rings. The molecule has 0 atom stereocenters. The number of hydrogen-bond acceptors (Lipinski definition) is 4. The third-order valence-electron chi connectivity index (χ3n) is 2.37. The molecule has 0 spiro atoms. The lowest BCUT2D eigenvalue weighted by Gasteiger charge is -2.09. The zero-order valence-corrected chi connectivity index (χ0v) is 12.7. The number of thiocarbonyl (C=S) groups is 1. The van der Waals surface area contributed by atoms with Gasteiger partial charge in [0.2, 0.25) is 10.0 Å². The van der Waals surface area contributed by atoms with Crippen LogP contribution in [0.25, 0.3) is 0 Å². The number of aryl methyl sites for hydroxylation is 1. The van der Waals surface area contributed by atoms with Crippen LogP contribution < -0.4 is 10.5 Å². The normalized spacial score (nSPS) is 11.4. The summed E-state index contributed by atoms with van der Waals surface area (Å²) < 4.78 is 26.5. The maximum atomic E-state index is 12.0. The zero-order chi connectivity index (χ0) is 13.8. The summed E-state index contributed by atoms with van der Waals surface area (Å²) >= 11 is 6.47. The molecule has 1 aromatic rings. The highest BCUT2D eigenvalue weighted by Crippen LogP contribution is 2.15. The largest absolute Gasteiger partial charge is 0.389 e. The molecule has 0 heterocycles. The highest BCUT2D eigenvalue weighted by Gasteiger charge is 2.14. The van der Waals surface area contributed by atoms with E-state index in [1.807, 2.05) is 6.26 Å². The highest BCUT2D eigenvalue weighted by molar-refractivity contribution is 7.98. The number of hydrogen-bond donors (Lipinski definition) is 2. The van der Waals surface area contributed by atoms with E-state index in [9.17, 15) is 8.42 Å². The van der Waals surface area contributed by atoms with Crippen LogP contribution in [-0.2, 0) is 10.0 Å². The Hall–Kier alpha value is -0.630. The first-order chi connectivity index (χ1) is 8.38. The van der Waals surface area contributed by atoms with E-state index in [0.29, 0.717) is 12.1 Å². The van der Waals surface area contributed by atoms with E-state index in [1.54, 1.807) is 30.8 Å². The molecule has 100 valence electrons. The summed E-state index contributed by atoms with van der Waals surface area (Å²) in [4.78, 5) is 0.507. The Kier molecular flexibility index (Phi) is 5.58. The second-order valence-corrected chi connectivity index (χ2v) is 6.92. The van der Waals surface area contributed by atoms with Gasteiger partial charge in [-0.25, -0.2) is 13.1 Å². The number of rotatable bonds is 6. The number of benzene rings is 1. The Morgan fingerprint density at radius 3 is 2.67 bits per heavy atom. The van der Waals surface area contributed by atoms with Crippen LogP contribution in [0, 0.1) is 6.92 Å². The van der Waals surface area contributed by atoms with Crippen LogP contribution in [0.1, 0.15) is 11.1 Å². The van der Waals surface area contributed by atoms with E-state index in [4.69, 9.17) is 18.0 Å². The second-order valence-electron chi connectivity index (χ2n) is 3.73. The molecular formula is C11H16N2O2S3. The lowest BCUT2D eigenvalue weighted by Crippen LogP contribution is -2.26. The van der Waals surface area contributed by atoms with Crippen LogP contribution in [0.4, 0.5) is 0 Å². The molecule has 7 heteroatoms. The molecule has 0 aliphatic rings. The molecule has 4 nitrogen and oxygen atoms in total. The summed E-state index contributed by atoms with van der Waals surface area (Å²) in [5.41, 5.74) is 7.00. The van der Waals surface area contributed by atoms with E-state index < -0.39 is 10.0 Å². The van der Waals surface area contributed by atoms with E-state index in [1.165, 1.54) is 6.07 Å². The molecule has 1 rings (SSSR count). The van der Waals surface area contributed by atoms with Gasteiger partial charge < -0.3 is 5.73 Å². The molecule has 0 unspecified atom stereocenters. The molecule has 0 aromatic heterocycles. The molecule has 0 amide bonds. The Balaban J connectivity index is 2.97. The molecule has 0 aliphatic heterocycles. The summed E-state index contributed by atoms with van der Waals surface area (Å²) in [5.74, 6) is 0.739. The van der Waals surface area contributed by atoms with Crippen molar-refractivity contribution in [2.45, 2.75) is 11.8 Å². The van der Waals surface area contributed by atoms with Crippen molar-refractivity contribution in [3.63, 3.8) is 0 Å². The van der Waals surface area contributed by atoms with Crippen molar-refractivity contribution in [3.8, 4) is 0 Å². The van der Waals surface area contributed by atoms with Gasteiger partial charge in [-0.15, -0.1) is 0 Å². The average Bonchev–Trinajstić information content (AvgIpc) is 2.28. The van der Waals surface area contributed by atoms with Gasteiger partial charge in [-0.3, -0.25) is 0 Å². The monoisotopic (exact) mass is 304 g/mol. The zero-order valence-electron chi connectivity index (χ0n) is 10.3. The second kappa shape index (κ2) is 6.51. The Labute approximate surface area is 117 Å². The predicted octanol–water partition coefficient (Wildman–Crippen LogP) is 1.27. The predicted molar refractivity (Wildman–Crippen MR) is 80.6 cm³/mol. The molecule has 0 radical (unpaired) electrons. The molecule has 0 aliphatic carbocycles. The molecule has 1 aromatic carbocycles. The standard InChI is InChI=1S/C11H16N2O2S3/c1-8-7-9(3-4-10(8)11(12)16)18(14,15)13-5-6-17-2/h3-4,7,13H,5-6H2,1-2H3,(H2,12,16). The smallest absolute Gasteiger partial charge is 0.240 e. The van der Waals surface area contributed by atoms with E-state index in [-0.39, 0.29) is 9.88 Å². The Morgan fingerprint density at radius 1 is 1.50 bits per heavy atom. The number of thioether (sulfide) groups is 1. The van der Waals surface area contributed by atoms with Gasteiger partial charge in [0, 0.05) is 17.9 Å².